The number of nitrogens with zero attached hydrogens (tertiary/aromatic N) is 1. The van der Waals surface area contributed by atoms with E-state index >= 15 is 0 Å². The molecule has 1 N–H and O–H groups in total. The molecule has 0 atom stereocenters. The van der Waals surface area contributed by atoms with Crippen molar-refractivity contribution in [3.05, 3.63) is 82.6 Å². The molecule has 0 unspecified atom stereocenters. The highest BCUT2D eigenvalue weighted by atomic mass is 16.5. The van der Waals surface area contributed by atoms with Crippen LogP contribution in [-0.4, -0.2) is 43.4 Å². The zero-order valence-corrected chi connectivity index (χ0v) is 17.7. The minimum absolute atomic E-state index is 0.106. The molecule has 0 radical (unpaired) electrons. The molecule has 0 aliphatic carbocycles. The fraction of sp³-hybridized carbons (Fsp3) is 0.208. The summed E-state index contributed by atoms with van der Waals surface area (Å²) in [4.78, 5) is 38.0. The van der Waals surface area contributed by atoms with E-state index in [2.05, 4.69) is 5.32 Å². The topological polar surface area (TPSA) is 84.9 Å². The fourth-order valence-corrected chi connectivity index (χ4v) is 3.12. The van der Waals surface area contributed by atoms with Gasteiger partial charge in [-0.15, -0.1) is 0 Å². The lowest BCUT2D eigenvalue weighted by atomic mass is 10.0. The number of allylic oxidation sites excluding steroid dienone is 1. The van der Waals surface area contributed by atoms with Crippen LogP contribution < -0.4 is 10.1 Å². The highest BCUT2D eigenvalue weighted by Gasteiger charge is 2.34. The van der Waals surface area contributed by atoms with Crippen LogP contribution in [0.25, 0.3) is 6.08 Å². The smallest absolute Gasteiger partial charge is 0.340 e. The number of benzene rings is 2. The Hall–Kier alpha value is -3.87. The number of amides is 2. The molecule has 7 nitrogen and oxygen atoms in total. The molecule has 2 aromatic carbocycles. The van der Waals surface area contributed by atoms with Crippen LogP contribution in [0.2, 0.25) is 0 Å². The maximum absolute atomic E-state index is 12.5. The van der Waals surface area contributed by atoms with Gasteiger partial charge in [-0.25, -0.2) is 4.79 Å². The van der Waals surface area contributed by atoms with E-state index in [0.717, 1.165) is 5.56 Å². The van der Waals surface area contributed by atoms with Crippen LogP contribution in [-0.2, 0) is 25.7 Å². The summed E-state index contributed by atoms with van der Waals surface area (Å²) < 4.78 is 10.3. The van der Waals surface area contributed by atoms with Gasteiger partial charge in [-0.3, -0.25) is 9.59 Å². The van der Waals surface area contributed by atoms with E-state index < -0.39 is 5.97 Å². The van der Waals surface area contributed by atoms with Crippen molar-refractivity contribution in [2.45, 2.75) is 13.5 Å². The molecule has 1 heterocycles. The van der Waals surface area contributed by atoms with Crippen LogP contribution in [0.3, 0.4) is 0 Å². The number of hydrogen-bond donors (Lipinski definition) is 1. The third-order valence-corrected chi connectivity index (χ3v) is 4.95. The average Bonchev–Trinajstić information content (AvgIpc) is 3.01. The molecule has 2 aromatic rings. The van der Waals surface area contributed by atoms with Gasteiger partial charge in [-0.1, -0.05) is 42.5 Å². The molecule has 0 saturated carbocycles. The van der Waals surface area contributed by atoms with Crippen molar-refractivity contribution < 1.29 is 23.9 Å². The summed E-state index contributed by atoms with van der Waals surface area (Å²) in [5.41, 5.74) is 2.81. The van der Waals surface area contributed by atoms with Crippen molar-refractivity contribution in [3.8, 4) is 5.75 Å². The number of hydrogen-bond acceptors (Lipinski definition) is 5. The summed E-state index contributed by atoms with van der Waals surface area (Å²) in [5, 5.41) is 2.80. The van der Waals surface area contributed by atoms with Crippen molar-refractivity contribution in [3.63, 3.8) is 0 Å². The number of methoxy groups -OCH3 is 1. The van der Waals surface area contributed by atoms with Crippen molar-refractivity contribution in [2.24, 2.45) is 0 Å². The van der Waals surface area contributed by atoms with E-state index in [0.29, 0.717) is 23.6 Å². The first-order valence-corrected chi connectivity index (χ1v) is 9.73. The van der Waals surface area contributed by atoms with Crippen LogP contribution in [0.1, 0.15) is 18.1 Å². The van der Waals surface area contributed by atoms with Gasteiger partial charge >= 0.3 is 5.97 Å². The highest BCUT2D eigenvalue weighted by molar-refractivity contribution is 6.16. The van der Waals surface area contributed by atoms with Gasteiger partial charge in [0.1, 0.15) is 5.75 Å². The fourth-order valence-electron chi connectivity index (χ4n) is 3.12. The number of carbonyl (C=O) groups is 3. The van der Waals surface area contributed by atoms with Crippen molar-refractivity contribution in [1.29, 1.82) is 0 Å². The van der Waals surface area contributed by atoms with Gasteiger partial charge < -0.3 is 19.7 Å². The number of carbonyl (C=O) groups excluding carboxylic acids is 3. The standard InChI is InChI=1S/C24H24N2O5/c1-16-22(24(29)30-3)20(23(28)26(16)2)13-17-9-11-19(12-10-17)31-15-21(27)25-14-18-7-5-4-6-8-18/h4-13H,14-15H2,1-3H3,(H,25,27)/b20-13-. The molecule has 0 aromatic heterocycles. The molecule has 160 valence electrons. The van der Waals surface area contributed by atoms with Gasteiger partial charge in [0.25, 0.3) is 11.8 Å². The van der Waals surface area contributed by atoms with Crippen LogP contribution in [0, 0.1) is 0 Å². The molecule has 7 heteroatoms. The van der Waals surface area contributed by atoms with Gasteiger partial charge in [-0.05, 0) is 36.3 Å². The predicted molar refractivity (Wildman–Crippen MR) is 116 cm³/mol. The van der Waals surface area contributed by atoms with Crippen LogP contribution in [0.15, 0.2) is 71.4 Å². The van der Waals surface area contributed by atoms with E-state index in [1.54, 1.807) is 44.3 Å². The Balaban J connectivity index is 1.61. The van der Waals surface area contributed by atoms with Gasteiger partial charge in [0.2, 0.25) is 0 Å². The first-order chi connectivity index (χ1) is 14.9. The predicted octanol–water partition coefficient (Wildman–Crippen LogP) is 2.68. The third kappa shape index (κ3) is 5.19. The van der Waals surface area contributed by atoms with E-state index in [1.165, 1.54) is 12.0 Å². The first-order valence-electron chi connectivity index (χ1n) is 9.73. The normalized spacial score (nSPS) is 14.7. The molecule has 1 aliphatic heterocycles. The van der Waals surface area contributed by atoms with Crippen LogP contribution in [0.4, 0.5) is 0 Å². The molecular formula is C24H24N2O5. The molecule has 0 fully saturated rings. The quantitative estimate of drug-likeness (QED) is 0.550. The Morgan fingerprint density at radius 1 is 1.06 bits per heavy atom. The second-order valence-corrected chi connectivity index (χ2v) is 6.99. The lowest BCUT2D eigenvalue weighted by Gasteiger charge is -2.09. The summed E-state index contributed by atoms with van der Waals surface area (Å²) in [6.07, 6.45) is 1.64. The third-order valence-electron chi connectivity index (χ3n) is 4.95. The summed E-state index contributed by atoms with van der Waals surface area (Å²) in [6.45, 7) is 2.03. The molecule has 0 bridgehead atoms. The van der Waals surface area contributed by atoms with Crippen molar-refractivity contribution in [1.82, 2.24) is 10.2 Å². The van der Waals surface area contributed by atoms with Gasteiger partial charge in [0, 0.05) is 19.3 Å². The molecule has 31 heavy (non-hydrogen) atoms. The molecule has 0 spiro atoms. The Morgan fingerprint density at radius 3 is 2.39 bits per heavy atom. The van der Waals surface area contributed by atoms with Crippen LogP contribution >= 0.6 is 0 Å². The Morgan fingerprint density at radius 2 is 1.74 bits per heavy atom. The van der Waals surface area contributed by atoms with Crippen LogP contribution in [0.5, 0.6) is 5.75 Å². The first kappa shape index (κ1) is 21.8. The molecule has 3 rings (SSSR count). The Kier molecular flexibility index (Phi) is 6.87. The Labute approximate surface area is 181 Å². The van der Waals surface area contributed by atoms with E-state index in [-0.39, 0.29) is 29.6 Å². The minimum atomic E-state index is -0.553. The summed E-state index contributed by atoms with van der Waals surface area (Å²) >= 11 is 0. The second-order valence-electron chi connectivity index (χ2n) is 6.99. The zero-order chi connectivity index (χ0) is 22.4. The number of nitrogens with one attached hydrogen (secondary N) is 1. The van der Waals surface area contributed by atoms with E-state index in [1.807, 2.05) is 30.3 Å². The van der Waals surface area contributed by atoms with Gasteiger partial charge in [-0.2, -0.15) is 0 Å². The lowest BCUT2D eigenvalue weighted by Crippen LogP contribution is -2.28. The minimum Gasteiger partial charge on any atom is -0.484 e. The highest BCUT2D eigenvalue weighted by Crippen LogP contribution is 2.30. The van der Waals surface area contributed by atoms with Gasteiger partial charge in [0.05, 0.1) is 18.3 Å². The SMILES string of the molecule is COC(=O)C1=C(C)N(C)C(=O)/C1=C\c1ccc(OCC(=O)NCc2ccccc2)cc1. The average molecular weight is 420 g/mol. The maximum Gasteiger partial charge on any atom is 0.340 e. The van der Waals surface area contributed by atoms with Crippen molar-refractivity contribution in [2.75, 3.05) is 20.8 Å². The molecular weight excluding hydrogens is 396 g/mol. The molecule has 2 amide bonds. The molecule has 0 saturated heterocycles. The number of esters is 1. The second kappa shape index (κ2) is 9.75. The monoisotopic (exact) mass is 420 g/mol. The number of ether oxygens (including phenoxy) is 2. The Bertz CT molecular complexity index is 1040. The molecule has 1 aliphatic rings. The lowest BCUT2D eigenvalue weighted by molar-refractivity contribution is -0.136. The van der Waals surface area contributed by atoms with Crippen molar-refractivity contribution >= 4 is 23.9 Å². The largest absolute Gasteiger partial charge is 0.484 e. The maximum atomic E-state index is 12.5. The summed E-state index contributed by atoms with van der Waals surface area (Å²) in [5.74, 6) is -0.527. The zero-order valence-electron chi connectivity index (χ0n) is 17.7. The van der Waals surface area contributed by atoms with Gasteiger partial charge in [0.15, 0.2) is 6.61 Å². The summed E-state index contributed by atoms with van der Waals surface area (Å²) in [7, 11) is 2.90. The number of rotatable bonds is 7. The number of likely N-dealkylation sites (N-methyl/N-ethyl adjacent to an activating group) is 1. The summed E-state index contributed by atoms with van der Waals surface area (Å²) in [6, 6.07) is 16.5. The van der Waals surface area contributed by atoms with E-state index in [9.17, 15) is 14.4 Å². The van der Waals surface area contributed by atoms with E-state index in [4.69, 9.17) is 9.47 Å².